The Hall–Kier alpha value is -2.51. The predicted molar refractivity (Wildman–Crippen MR) is 72.4 cm³/mol. The van der Waals surface area contributed by atoms with Crippen molar-refractivity contribution in [3.8, 4) is 0 Å². The number of rotatable bonds is 7. The van der Waals surface area contributed by atoms with Gasteiger partial charge in [-0.05, 0) is 18.6 Å². The highest BCUT2D eigenvalue weighted by atomic mass is 19.1. The lowest BCUT2D eigenvalue weighted by Crippen LogP contribution is -2.45. The van der Waals surface area contributed by atoms with E-state index in [1.165, 1.54) is 13.2 Å². The van der Waals surface area contributed by atoms with Gasteiger partial charge in [-0.3, -0.25) is 14.4 Å². The van der Waals surface area contributed by atoms with E-state index in [0.29, 0.717) is 0 Å². The van der Waals surface area contributed by atoms with Crippen LogP contribution in [-0.2, 0) is 25.5 Å². The zero-order valence-electron chi connectivity index (χ0n) is 11.9. The van der Waals surface area contributed by atoms with Crippen LogP contribution in [0.4, 0.5) is 8.78 Å². The van der Waals surface area contributed by atoms with Gasteiger partial charge in [0.1, 0.15) is 17.7 Å². The SMILES string of the molecule is COC(=O)CC[C@H](NC(=O)Cc1c(F)cccc1F)C(N)=O. The number of benzene rings is 1. The lowest BCUT2D eigenvalue weighted by Gasteiger charge is -2.15. The van der Waals surface area contributed by atoms with E-state index in [2.05, 4.69) is 10.1 Å². The van der Waals surface area contributed by atoms with Crippen molar-refractivity contribution in [3.63, 3.8) is 0 Å². The fourth-order valence-corrected chi connectivity index (χ4v) is 1.76. The summed E-state index contributed by atoms with van der Waals surface area (Å²) in [5.41, 5.74) is 4.71. The van der Waals surface area contributed by atoms with Gasteiger partial charge in [-0.25, -0.2) is 8.78 Å². The fraction of sp³-hybridized carbons (Fsp3) is 0.357. The maximum absolute atomic E-state index is 13.4. The van der Waals surface area contributed by atoms with Crippen LogP contribution in [0, 0.1) is 11.6 Å². The molecule has 0 radical (unpaired) electrons. The van der Waals surface area contributed by atoms with E-state index in [1.54, 1.807) is 0 Å². The van der Waals surface area contributed by atoms with E-state index in [0.717, 1.165) is 12.1 Å². The molecule has 0 heterocycles. The smallest absolute Gasteiger partial charge is 0.305 e. The summed E-state index contributed by atoms with van der Waals surface area (Å²) in [6, 6.07) is 2.10. The average molecular weight is 314 g/mol. The Balaban J connectivity index is 2.68. The molecule has 0 aromatic heterocycles. The van der Waals surface area contributed by atoms with Crippen LogP contribution in [0.25, 0.3) is 0 Å². The highest BCUT2D eigenvalue weighted by molar-refractivity contribution is 5.87. The minimum Gasteiger partial charge on any atom is -0.469 e. The molecule has 22 heavy (non-hydrogen) atoms. The lowest BCUT2D eigenvalue weighted by atomic mass is 10.1. The van der Waals surface area contributed by atoms with Crippen LogP contribution >= 0.6 is 0 Å². The van der Waals surface area contributed by atoms with Gasteiger partial charge >= 0.3 is 5.97 Å². The van der Waals surface area contributed by atoms with Crippen LogP contribution in [0.5, 0.6) is 0 Å². The summed E-state index contributed by atoms with van der Waals surface area (Å²) in [4.78, 5) is 34.0. The number of nitrogens with two attached hydrogens (primary N) is 1. The Morgan fingerprint density at radius 1 is 1.27 bits per heavy atom. The molecule has 1 atom stereocenters. The number of methoxy groups -OCH3 is 1. The third-order valence-electron chi connectivity index (χ3n) is 2.94. The van der Waals surface area contributed by atoms with Gasteiger partial charge in [0, 0.05) is 12.0 Å². The molecule has 8 heteroatoms. The Morgan fingerprint density at radius 2 is 1.86 bits per heavy atom. The van der Waals surface area contributed by atoms with Crippen molar-refractivity contribution in [3.05, 3.63) is 35.4 Å². The number of nitrogens with one attached hydrogen (secondary N) is 1. The first-order chi connectivity index (χ1) is 10.3. The Kier molecular flexibility index (Phi) is 6.43. The van der Waals surface area contributed by atoms with Gasteiger partial charge in [-0.2, -0.15) is 0 Å². The van der Waals surface area contributed by atoms with Crippen molar-refractivity contribution in [2.45, 2.75) is 25.3 Å². The van der Waals surface area contributed by atoms with Crippen molar-refractivity contribution >= 4 is 17.8 Å². The van der Waals surface area contributed by atoms with Gasteiger partial charge in [-0.1, -0.05) is 6.07 Å². The molecule has 0 aliphatic heterocycles. The Morgan fingerprint density at radius 3 is 2.36 bits per heavy atom. The summed E-state index contributed by atoms with van der Waals surface area (Å²) in [5, 5.41) is 2.24. The van der Waals surface area contributed by atoms with Crippen LogP contribution in [0.1, 0.15) is 18.4 Å². The third-order valence-corrected chi connectivity index (χ3v) is 2.94. The van der Waals surface area contributed by atoms with E-state index in [4.69, 9.17) is 5.73 Å². The standard InChI is InChI=1S/C14H16F2N2O4/c1-22-13(20)6-5-11(14(17)21)18-12(19)7-8-9(15)3-2-4-10(8)16/h2-4,11H,5-7H2,1H3,(H2,17,21)(H,18,19)/t11-/m0/s1. The van der Waals surface area contributed by atoms with Crippen LogP contribution in [0.15, 0.2) is 18.2 Å². The van der Waals surface area contributed by atoms with E-state index in [1.807, 2.05) is 0 Å². The molecule has 0 bridgehead atoms. The first-order valence-electron chi connectivity index (χ1n) is 6.43. The molecule has 0 spiro atoms. The van der Waals surface area contributed by atoms with E-state index < -0.39 is 47.4 Å². The first kappa shape index (κ1) is 17.5. The molecule has 3 N–H and O–H groups in total. The molecule has 2 amide bonds. The minimum atomic E-state index is -1.12. The molecule has 1 rings (SSSR count). The molecule has 0 aliphatic carbocycles. The molecule has 0 unspecified atom stereocenters. The number of carbonyl (C=O) groups excluding carboxylic acids is 3. The van der Waals surface area contributed by atoms with E-state index >= 15 is 0 Å². The molecule has 120 valence electrons. The molecule has 6 nitrogen and oxygen atoms in total. The number of ether oxygens (including phenoxy) is 1. The molecular formula is C14H16F2N2O4. The fourth-order valence-electron chi connectivity index (χ4n) is 1.76. The lowest BCUT2D eigenvalue weighted by molar-refractivity contribution is -0.141. The van der Waals surface area contributed by atoms with Gasteiger partial charge in [0.2, 0.25) is 11.8 Å². The molecule has 0 fully saturated rings. The van der Waals surface area contributed by atoms with Gasteiger partial charge in [0.05, 0.1) is 13.5 Å². The molecular weight excluding hydrogens is 298 g/mol. The third kappa shape index (κ3) is 5.12. The number of hydrogen-bond donors (Lipinski definition) is 2. The maximum atomic E-state index is 13.4. The van der Waals surface area contributed by atoms with Gasteiger partial charge in [-0.15, -0.1) is 0 Å². The number of carbonyl (C=O) groups is 3. The molecule has 0 saturated carbocycles. The number of esters is 1. The second-order valence-electron chi connectivity index (χ2n) is 4.51. The number of hydrogen-bond acceptors (Lipinski definition) is 4. The van der Waals surface area contributed by atoms with E-state index in [9.17, 15) is 23.2 Å². The normalized spacial score (nSPS) is 11.6. The van der Waals surface area contributed by atoms with Crippen LogP contribution in [-0.4, -0.2) is 30.9 Å². The summed E-state index contributed by atoms with van der Waals surface area (Å²) in [6.45, 7) is 0. The highest BCUT2D eigenvalue weighted by Crippen LogP contribution is 2.12. The predicted octanol–water partition coefficient (Wildman–Crippen LogP) is 0.431. The second kappa shape index (κ2) is 8.06. The molecule has 0 saturated heterocycles. The second-order valence-corrected chi connectivity index (χ2v) is 4.51. The largest absolute Gasteiger partial charge is 0.469 e. The average Bonchev–Trinajstić information content (AvgIpc) is 2.46. The summed E-state index contributed by atoms with van der Waals surface area (Å²) < 4.78 is 31.3. The van der Waals surface area contributed by atoms with Crippen LogP contribution < -0.4 is 11.1 Å². The summed E-state index contributed by atoms with van der Waals surface area (Å²) in [5.74, 6) is -3.93. The Bertz CT molecular complexity index is 558. The molecule has 1 aromatic rings. The van der Waals surface area contributed by atoms with Crippen LogP contribution in [0.3, 0.4) is 0 Å². The first-order valence-corrected chi connectivity index (χ1v) is 6.43. The quantitative estimate of drug-likeness (QED) is 0.713. The van der Waals surface area contributed by atoms with Crippen molar-refractivity contribution in [2.75, 3.05) is 7.11 Å². The van der Waals surface area contributed by atoms with Gasteiger partial charge < -0.3 is 15.8 Å². The van der Waals surface area contributed by atoms with Gasteiger partial charge in [0.25, 0.3) is 0 Å². The monoisotopic (exact) mass is 314 g/mol. The number of amides is 2. The zero-order valence-corrected chi connectivity index (χ0v) is 11.9. The number of primary amides is 1. The topological polar surface area (TPSA) is 98.5 Å². The Labute approximate surface area is 125 Å². The van der Waals surface area contributed by atoms with Crippen molar-refractivity contribution in [1.82, 2.24) is 5.32 Å². The summed E-state index contributed by atoms with van der Waals surface area (Å²) in [7, 11) is 1.18. The van der Waals surface area contributed by atoms with Crippen molar-refractivity contribution in [2.24, 2.45) is 5.73 Å². The molecule has 0 aliphatic rings. The highest BCUT2D eigenvalue weighted by Gasteiger charge is 2.21. The minimum absolute atomic E-state index is 0.0620. The van der Waals surface area contributed by atoms with Crippen LogP contribution in [0.2, 0.25) is 0 Å². The summed E-state index contributed by atoms with van der Waals surface area (Å²) >= 11 is 0. The number of halogens is 2. The van der Waals surface area contributed by atoms with Crippen molar-refractivity contribution in [1.29, 1.82) is 0 Å². The van der Waals surface area contributed by atoms with Gasteiger partial charge in [0.15, 0.2) is 0 Å². The van der Waals surface area contributed by atoms with E-state index in [-0.39, 0.29) is 12.8 Å². The maximum Gasteiger partial charge on any atom is 0.305 e. The zero-order chi connectivity index (χ0) is 16.7. The summed E-state index contributed by atoms with van der Waals surface area (Å²) in [6.07, 6.45) is -0.771. The molecule has 1 aromatic carbocycles. The van der Waals surface area contributed by atoms with Crippen molar-refractivity contribution < 1.29 is 27.9 Å².